The zero-order chi connectivity index (χ0) is 20.3. The molecule has 2 aromatic carbocycles. The summed E-state index contributed by atoms with van der Waals surface area (Å²) in [5.74, 6) is 0.807. The van der Waals surface area contributed by atoms with E-state index in [1.54, 1.807) is 11.3 Å². The molecule has 5 rings (SSSR count). The molecular weight excluding hydrogens is 412 g/mol. The van der Waals surface area contributed by atoms with Crippen LogP contribution in [-0.4, -0.2) is 26.7 Å². The summed E-state index contributed by atoms with van der Waals surface area (Å²) in [5, 5.41) is 14.5. The zero-order valence-corrected chi connectivity index (χ0v) is 17.8. The average Bonchev–Trinajstić information content (AvgIpc) is 3.27. The Labute approximate surface area is 183 Å². The van der Waals surface area contributed by atoms with Gasteiger partial charge in [0.1, 0.15) is 5.25 Å². The molecule has 0 aliphatic heterocycles. The number of hydrogen-bond donors (Lipinski definition) is 1. The third-order valence-electron chi connectivity index (χ3n) is 4.88. The van der Waals surface area contributed by atoms with Crippen molar-refractivity contribution in [1.29, 1.82) is 0 Å². The van der Waals surface area contributed by atoms with Gasteiger partial charge in [-0.3, -0.25) is 9.36 Å². The minimum atomic E-state index is -0.394. The van der Waals surface area contributed by atoms with Crippen LogP contribution in [0.5, 0.6) is 0 Å². The van der Waals surface area contributed by atoms with Gasteiger partial charge >= 0.3 is 0 Å². The summed E-state index contributed by atoms with van der Waals surface area (Å²) in [4.78, 5) is 14.1. The van der Waals surface area contributed by atoms with Gasteiger partial charge in [-0.2, -0.15) is 0 Å². The van der Waals surface area contributed by atoms with Crippen molar-refractivity contribution >= 4 is 29.0 Å². The Morgan fingerprint density at radius 1 is 1.00 bits per heavy atom. The van der Waals surface area contributed by atoms with E-state index in [2.05, 4.69) is 15.5 Å². The van der Waals surface area contributed by atoms with Crippen LogP contribution >= 0.6 is 23.1 Å². The van der Waals surface area contributed by atoms with E-state index < -0.39 is 5.25 Å². The van der Waals surface area contributed by atoms with Crippen LogP contribution in [0.4, 0.5) is 0 Å². The number of carbonyl (C=O) groups is 1. The lowest BCUT2D eigenvalue weighted by Crippen LogP contribution is -2.29. The smallest absolute Gasteiger partial charge is 0.238 e. The second kappa shape index (κ2) is 8.45. The number of hydrogen-bond acceptors (Lipinski definition) is 5. The maximum atomic E-state index is 13.1. The molecule has 1 N–H and O–H groups in total. The molecule has 7 heteroatoms. The number of amides is 1. The molecule has 0 spiro atoms. The summed E-state index contributed by atoms with van der Waals surface area (Å²) >= 11 is 3.07. The van der Waals surface area contributed by atoms with Crippen LogP contribution in [0.15, 0.2) is 83.3 Å². The number of benzene rings is 2. The normalized spacial score (nSPS) is 14.4. The molecule has 2 heterocycles. The second-order valence-corrected chi connectivity index (χ2v) is 9.17. The molecule has 1 aliphatic rings. The van der Waals surface area contributed by atoms with Gasteiger partial charge < -0.3 is 5.32 Å². The van der Waals surface area contributed by atoms with Crippen LogP contribution in [-0.2, 0) is 4.79 Å². The van der Waals surface area contributed by atoms with Crippen LogP contribution in [0.3, 0.4) is 0 Å². The molecule has 5 nitrogen and oxygen atoms in total. The van der Waals surface area contributed by atoms with E-state index >= 15 is 0 Å². The molecule has 150 valence electrons. The fraction of sp³-hybridized carbons (Fsp3) is 0.174. The maximum absolute atomic E-state index is 13.1. The van der Waals surface area contributed by atoms with E-state index in [9.17, 15) is 4.79 Å². The minimum Gasteiger partial charge on any atom is -0.352 e. The highest BCUT2D eigenvalue weighted by molar-refractivity contribution is 8.00. The number of carbonyl (C=O) groups excluding carboxylic acids is 1. The second-order valence-electron chi connectivity index (χ2n) is 7.15. The fourth-order valence-corrected chi connectivity index (χ4v) is 4.99. The fourth-order valence-electron chi connectivity index (χ4n) is 3.23. The van der Waals surface area contributed by atoms with Crippen LogP contribution in [0.2, 0.25) is 0 Å². The van der Waals surface area contributed by atoms with Crippen LogP contribution in [0.25, 0.3) is 16.4 Å². The standard InChI is InChI=1S/C23H20N4OS2/c28-22(24-17-13-14-17)20(16-8-3-1-4-9-16)30-23-26-25-21(19-12-7-15-29-19)27(23)18-10-5-2-6-11-18/h1-12,15,17,20H,13-14H2,(H,24,28). The molecule has 1 fully saturated rings. The quantitative estimate of drug-likeness (QED) is 0.412. The van der Waals surface area contributed by atoms with Crippen molar-refractivity contribution in [2.45, 2.75) is 29.3 Å². The molecule has 1 atom stereocenters. The van der Waals surface area contributed by atoms with Crippen LogP contribution in [0.1, 0.15) is 23.7 Å². The Morgan fingerprint density at radius 3 is 2.40 bits per heavy atom. The van der Waals surface area contributed by atoms with Gasteiger partial charge in [0, 0.05) is 11.7 Å². The van der Waals surface area contributed by atoms with E-state index in [1.807, 2.05) is 82.7 Å². The Bertz CT molecular complexity index is 1120. The van der Waals surface area contributed by atoms with Gasteiger partial charge in [-0.15, -0.1) is 21.5 Å². The lowest BCUT2D eigenvalue weighted by molar-refractivity contribution is -0.120. The monoisotopic (exact) mass is 432 g/mol. The van der Waals surface area contributed by atoms with Gasteiger partial charge in [0.2, 0.25) is 5.91 Å². The van der Waals surface area contributed by atoms with Crippen molar-refractivity contribution in [1.82, 2.24) is 20.1 Å². The first-order chi connectivity index (χ1) is 14.8. The van der Waals surface area contributed by atoms with Crippen molar-refractivity contribution in [3.05, 3.63) is 83.7 Å². The first-order valence-corrected chi connectivity index (χ1v) is 11.6. The van der Waals surface area contributed by atoms with Crippen molar-refractivity contribution in [2.75, 3.05) is 0 Å². The Morgan fingerprint density at radius 2 is 1.73 bits per heavy atom. The third-order valence-corrected chi connectivity index (χ3v) is 6.94. The van der Waals surface area contributed by atoms with Crippen molar-refractivity contribution < 1.29 is 4.79 Å². The first kappa shape index (κ1) is 19.1. The van der Waals surface area contributed by atoms with Crippen LogP contribution in [0, 0.1) is 0 Å². The molecule has 0 radical (unpaired) electrons. The number of rotatable bonds is 7. The molecular formula is C23H20N4OS2. The van der Waals surface area contributed by atoms with Crippen molar-refractivity contribution in [2.24, 2.45) is 0 Å². The lowest BCUT2D eigenvalue weighted by atomic mass is 10.1. The molecule has 1 aliphatic carbocycles. The molecule has 0 saturated heterocycles. The summed E-state index contributed by atoms with van der Waals surface area (Å²) < 4.78 is 2.04. The topological polar surface area (TPSA) is 59.8 Å². The molecule has 4 aromatic rings. The van der Waals surface area contributed by atoms with E-state index in [1.165, 1.54) is 11.8 Å². The molecule has 0 bridgehead atoms. The number of thioether (sulfide) groups is 1. The van der Waals surface area contributed by atoms with Gasteiger partial charge in [-0.1, -0.05) is 66.4 Å². The molecule has 2 aromatic heterocycles. The summed E-state index contributed by atoms with van der Waals surface area (Å²) in [7, 11) is 0. The lowest BCUT2D eigenvalue weighted by Gasteiger charge is -2.17. The molecule has 1 unspecified atom stereocenters. The number of para-hydroxylation sites is 1. The summed E-state index contributed by atoms with van der Waals surface area (Å²) in [6.45, 7) is 0. The molecule has 1 saturated carbocycles. The third kappa shape index (κ3) is 4.04. The van der Waals surface area contributed by atoms with E-state index in [4.69, 9.17) is 0 Å². The molecule has 1 amide bonds. The maximum Gasteiger partial charge on any atom is 0.238 e. The highest BCUT2D eigenvalue weighted by Crippen LogP contribution is 2.38. The van der Waals surface area contributed by atoms with Gasteiger partial charge in [-0.05, 0) is 42.0 Å². The largest absolute Gasteiger partial charge is 0.352 e. The summed E-state index contributed by atoms with van der Waals surface area (Å²) in [6, 6.07) is 24.3. The zero-order valence-electron chi connectivity index (χ0n) is 16.1. The number of thiophene rings is 1. The highest BCUT2D eigenvalue weighted by Gasteiger charge is 2.31. The van der Waals surface area contributed by atoms with Crippen molar-refractivity contribution in [3.8, 4) is 16.4 Å². The van der Waals surface area contributed by atoms with Gasteiger partial charge in [0.05, 0.1) is 4.88 Å². The van der Waals surface area contributed by atoms with E-state index in [0.29, 0.717) is 11.2 Å². The number of nitrogens with zero attached hydrogens (tertiary/aromatic N) is 3. The van der Waals surface area contributed by atoms with E-state index in [0.717, 1.165) is 34.8 Å². The summed E-state index contributed by atoms with van der Waals surface area (Å²) in [6.07, 6.45) is 2.11. The summed E-state index contributed by atoms with van der Waals surface area (Å²) in [5.41, 5.74) is 1.93. The highest BCUT2D eigenvalue weighted by atomic mass is 32.2. The SMILES string of the molecule is O=C(NC1CC1)C(Sc1nnc(-c2cccs2)n1-c1ccccc1)c1ccccc1. The predicted molar refractivity (Wildman–Crippen MR) is 121 cm³/mol. The average molecular weight is 433 g/mol. The van der Waals surface area contributed by atoms with Gasteiger partial charge in [0.15, 0.2) is 11.0 Å². The van der Waals surface area contributed by atoms with Crippen LogP contribution < -0.4 is 5.32 Å². The minimum absolute atomic E-state index is 0.0222. The van der Waals surface area contributed by atoms with Gasteiger partial charge in [0.25, 0.3) is 0 Å². The number of aromatic nitrogens is 3. The Balaban J connectivity index is 1.56. The van der Waals surface area contributed by atoms with Gasteiger partial charge in [-0.25, -0.2) is 0 Å². The Hall–Kier alpha value is -2.90. The van der Waals surface area contributed by atoms with E-state index in [-0.39, 0.29) is 5.91 Å². The first-order valence-electron chi connectivity index (χ1n) is 9.86. The predicted octanol–water partition coefficient (Wildman–Crippen LogP) is 5.11. The Kier molecular flexibility index (Phi) is 5.38. The van der Waals surface area contributed by atoms with Crippen molar-refractivity contribution in [3.63, 3.8) is 0 Å². The molecule has 30 heavy (non-hydrogen) atoms. The number of nitrogens with one attached hydrogen (secondary N) is 1.